The Morgan fingerprint density at radius 1 is 1.20 bits per heavy atom. The standard InChI is InChI=1S/C19H31N3O3/c1-4-24-14-17-8-6-5-7-16(17)13-20-18(23)21-15-19(2,3)22-9-11-25-12-10-22/h5-8H,4,9-15H2,1-3H3,(H2,20,21,23). The highest BCUT2D eigenvalue weighted by Crippen LogP contribution is 2.15. The fourth-order valence-electron chi connectivity index (χ4n) is 2.90. The van der Waals surface area contributed by atoms with Crippen molar-refractivity contribution in [2.24, 2.45) is 0 Å². The molecular weight excluding hydrogens is 318 g/mol. The Morgan fingerprint density at radius 2 is 1.88 bits per heavy atom. The third kappa shape index (κ3) is 6.30. The highest BCUT2D eigenvalue weighted by molar-refractivity contribution is 5.73. The molecule has 6 heteroatoms. The molecule has 1 fully saturated rings. The minimum absolute atomic E-state index is 0.0893. The lowest BCUT2D eigenvalue weighted by molar-refractivity contribution is -0.00874. The van der Waals surface area contributed by atoms with Gasteiger partial charge in [0.05, 0.1) is 19.8 Å². The zero-order valence-corrected chi connectivity index (χ0v) is 15.6. The summed E-state index contributed by atoms with van der Waals surface area (Å²) in [5, 5.41) is 5.93. The molecular formula is C19H31N3O3. The molecule has 1 saturated heterocycles. The molecule has 0 atom stereocenters. The average Bonchev–Trinajstić information content (AvgIpc) is 2.64. The summed E-state index contributed by atoms with van der Waals surface area (Å²) in [5.41, 5.74) is 2.10. The number of nitrogens with one attached hydrogen (secondary N) is 2. The van der Waals surface area contributed by atoms with Crippen molar-refractivity contribution in [3.05, 3.63) is 35.4 Å². The molecule has 1 aromatic rings. The van der Waals surface area contributed by atoms with Gasteiger partial charge in [-0.05, 0) is 31.9 Å². The van der Waals surface area contributed by atoms with Crippen molar-refractivity contribution in [1.29, 1.82) is 0 Å². The third-order valence-electron chi connectivity index (χ3n) is 4.57. The lowest BCUT2D eigenvalue weighted by atomic mass is 10.0. The average molecular weight is 349 g/mol. The fourth-order valence-corrected chi connectivity index (χ4v) is 2.90. The van der Waals surface area contributed by atoms with Crippen molar-refractivity contribution >= 4 is 6.03 Å². The van der Waals surface area contributed by atoms with Gasteiger partial charge in [-0.25, -0.2) is 4.79 Å². The maximum atomic E-state index is 12.2. The van der Waals surface area contributed by atoms with Crippen LogP contribution in [0.1, 0.15) is 31.9 Å². The maximum absolute atomic E-state index is 12.2. The second-order valence-corrected chi connectivity index (χ2v) is 6.85. The molecule has 25 heavy (non-hydrogen) atoms. The Morgan fingerprint density at radius 3 is 2.56 bits per heavy atom. The van der Waals surface area contributed by atoms with Gasteiger partial charge in [0.15, 0.2) is 0 Å². The zero-order valence-electron chi connectivity index (χ0n) is 15.6. The van der Waals surface area contributed by atoms with Crippen LogP contribution in [-0.4, -0.2) is 55.9 Å². The van der Waals surface area contributed by atoms with Crippen LogP contribution in [0.25, 0.3) is 0 Å². The monoisotopic (exact) mass is 349 g/mol. The van der Waals surface area contributed by atoms with Crippen LogP contribution in [0.15, 0.2) is 24.3 Å². The van der Waals surface area contributed by atoms with E-state index >= 15 is 0 Å². The molecule has 2 N–H and O–H groups in total. The number of hydrogen-bond donors (Lipinski definition) is 2. The molecule has 0 saturated carbocycles. The van der Waals surface area contributed by atoms with Gasteiger partial charge < -0.3 is 20.1 Å². The van der Waals surface area contributed by atoms with Crippen LogP contribution in [0.3, 0.4) is 0 Å². The Bertz CT molecular complexity index is 542. The van der Waals surface area contributed by atoms with E-state index in [0.29, 0.717) is 26.3 Å². The van der Waals surface area contributed by atoms with Gasteiger partial charge in [-0.2, -0.15) is 0 Å². The van der Waals surface area contributed by atoms with Crippen LogP contribution in [0.5, 0.6) is 0 Å². The number of benzene rings is 1. The van der Waals surface area contributed by atoms with E-state index in [1.54, 1.807) is 0 Å². The number of morpholine rings is 1. The van der Waals surface area contributed by atoms with Crippen LogP contribution in [-0.2, 0) is 22.6 Å². The topological polar surface area (TPSA) is 62.8 Å². The Labute approximate surface area is 150 Å². The van der Waals surface area contributed by atoms with Crippen LogP contribution in [0, 0.1) is 0 Å². The van der Waals surface area contributed by atoms with Crippen molar-refractivity contribution in [2.75, 3.05) is 39.5 Å². The molecule has 6 nitrogen and oxygen atoms in total. The first-order chi connectivity index (χ1) is 12.0. The lowest BCUT2D eigenvalue weighted by Crippen LogP contribution is -2.56. The summed E-state index contributed by atoms with van der Waals surface area (Å²) in [4.78, 5) is 14.5. The normalized spacial score (nSPS) is 15.8. The van der Waals surface area contributed by atoms with Gasteiger partial charge in [0.2, 0.25) is 0 Å². The van der Waals surface area contributed by atoms with Crippen molar-refractivity contribution in [2.45, 2.75) is 39.5 Å². The van der Waals surface area contributed by atoms with Gasteiger partial charge in [0, 0.05) is 38.3 Å². The van der Waals surface area contributed by atoms with E-state index in [1.165, 1.54) is 0 Å². The number of carbonyl (C=O) groups is 1. The van der Waals surface area contributed by atoms with Crippen LogP contribution in [0.2, 0.25) is 0 Å². The molecule has 1 heterocycles. The molecule has 0 bridgehead atoms. The van der Waals surface area contributed by atoms with Gasteiger partial charge in [-0.15, -0.1) is 0 Å². The second-order valence-electron chi connectivity index (χ2n) is 6.85. The van der Waals surface area contributed by atoms with Gasteiger partial charge in [0.25, 0.3) is 0 Å². The highest BCUT2D eigenvalue weighted by Gasteiger charge is 2.28. The molecule has 1 aliphatic heterocycles. The summed E-state index contributed by atoms with van der Waals surface area (Å²) in [6.07, 6.45) is 0. The highest BCUT2D eigenvalue weighted by atomic mass is 16.5. The molecule has 1 aromatic carbocycles. The Kier molecular flexibility index (Phi) is 7.68. The van der Waals surface area contributed by atoms with Gasteiger partial charge in [-0.1, -0.05) is 24.3 Å². The van der Waals surface area contributed by atoms with Crippen LogP contribution in [0.4, 0.5) is 4.79 Å². The van der Waals surface area contributed by atoms with E-state index in [-0.39, 0.29) is 11.6 Å². The summed E-state index contributed by atoms with van der Waals surface area (Å²) >= 11 is 0. The molecule has 0 radical (unpaired) electrons. The maximum Gasteiger partial charge on any atom is 0.315 e. The smallest absolute Gasteiger partial charge is 0.315 e. The lowest BCUT2D eigenvalue weighted by Gasteiger charge is -2.40. The molecule has 0 aromatic heterocycles. The first-order valence-corrected chi connectivity index (χ1v) is 9.02. The SMILES string of the molecule is CCOCc1ccccc1CNC(=O)NCC(C)(C)N1CCOCC1. The summed E-state index contributed by atoms with van der Waals surface area (Å²) in [6, 6.07) is 7.88. The summed E-state index contributed by atoms with van der Waals surface area (Å²) in [6.45, 7) is 11.9. The number of hydrogen-bond acceptors (Lipinski definition) is 4. The van der Waals surface area contributed by atoms with E-state index in [4.69, 9.17) is 9.47 Å². The largest absolute Gasteiger partial charge is 0.379 e. The summed E-state index contributed by atoms with van der Waals surface area (Å²) in [5.74, 6) is 0. The number of carbonyl (C=O) groups excluding carboxylic acids is 1. The number of rotatable bonds is 8. The predicted molar refractivity (Wildman–Crippen MR) is 98.5 cm³/mol. The van der Waals surface area contributed by atoms with Gasteiger partial charge >= 0.3 is 6.03 Å². The number of ether oxygens (including phenoxy) is 2. The summed E-state index contributed by atoms with van der Waals surface area (Å²) < 4.78 is 10.9. The van der Waals surface area contributed by atoms with Crippen molar-refractivity contribution in [3.63, 3.8) is 0 Å². The number of urea groups is 1. The fraction of sp³-hybridized carbons (Fsp3) is 0.632. The Hall–Kier alpha value is -1.63. The van der Waals surface area contributed by atoms with Crippen molar-refractivity contribution in [3.8, 4) is 0 Å². The number of nitrogens with zero attached hydrogens (tertiary/aromatic N) is 1. The molecule has 2 rings (SSSR count). The van der Waals surface area contributed by atoms with Crippen molar-refractivity contribution in [1.82, 2.24) is 15.5 Å². The molecule has 140 valence electrons. The van der Waals surface area contributed by atoms with Crippen LogP contribution >= 0.6 is 0 Å². The van der Waals surface area contributed by atoms with Crippen molar-refractivity contribution < 1.29 is 14.3 Å². The first-order valence-electron chi connectivity index (χ1n) is 9.02. The molecule has 2 amide bonds. The molecule has 0 aliphatic carbocycles. The van der Waals surface area contributed by atoms with Crippen LogP contribution < -0.4 is 10.6 Å². The minimum atomic E-state index is -0.146. The quantitative estimate of drug-likeness (QED) is 0.755. The van der Waals surface area contributed by atoms with E-state index < -0.39 is 0 Å². The van der Waals surface area contributed by atoms with E-state index in [2.05, 4.69) is 29.4 Å². The van der Waals surface area contributed by atoms with Gasteiger partial charge in [0.1, 0.15) is 0 Å². The van der Waals surface area contributed by atoms with Gasteiger partial charge in [-0.3, -0.25) is 4.90 Å². The predicted octanol–water partition coefficient (Wildman–Crippen LogP) is 2.13. The third-order valence-corrected chi connectivity index (χ3v) is 4.57. The summed E-state index contributed by atoms with van der Waals surface area (Å²) in [7, 11) is 0. The molecule has 1 aliphatic rings. The van der Waals surface area contributed by atoms with E-state index in [9.17, 15) is 4.79 Å². The molecule has 0 unspecified atom stereocenters. The molecule has 0 spiro atoms. The first kappa shape index (κ1) is 19.7. The second kappa shape index (κ2) is 9.75. The van der Waals surface area contributed by atoms with E-state index in [0.717, 1.165) is 37.4 Å². The minimum Gasteiger partial charge on any atom is -0.379 e. The Balaban J connectivity index is 1.79. The zero-order chi connectivity index (χ0) is 18.1. The van der Waals surface area contributed by atoms with E-state index in [1.807, 2.05) is 31.2 Å². The number of amides is 2.